The van der Waals surface area contributed by atoms with Crippen LogP contribution in [0, 0.1) is 0 Å². The molecular weight excluding hydrogens is 381 g/mol. The highest BCUT2D eigenvalue weighted by Crippen LogP contribution is 2.27. The van der Waals surface area contributed by atoms with Crippen LogP contribution in [-0.2, 0) is 16.1 Å². The molecule has 1 aliphatic rings. The highest BCUT2D eigenvalue weighted by atomic mass is 35.5. The van der Waals surface area contributed by atoms with Gasteiger partial charge in [0.1, 0.15) is 5.75 Å². The molecule has 7 heteroatoms. The minimum atomic E-state index is -0.0880. The molecule has 1 unspecified atom stereocenters. The third-order valence-electron chi connectivity index (χ3n) is 3.97. The van der Waals surface area contributed by atoms with Crippen LogP contribution in [0.25, 0.3) is 0 Å². The standard InChI is InChI=1S/C18H19Cl2NO3S/c19-13-5-6-17(16(20)9-13)24-12-18(22)21(10-14-3-1-7-23-14)11-15-4-2-8-25-15/h2,4-6,8-9,14H,1,3,7,10-12H2. The van der Waals surface area contributed by atoms with Crippen molar-refractivity contribution in [1.29, 1.82) is 0 Å². The Morgan fingerprint density at radius 2 is 2.24 bits per heavy atom. The molecule has 3 rings (SSSR count). The molecule has 1 aromatic heterocycles. The Kier molecular flexibility index (Phi) is 6.59. The van der Waals surface area contributed by atoms with Crippen molar-refractivity contribution in [2.24, 2.45) is 0 Å². The zero-order valence-corrected chi connectivity index (χ0v) is 15.9. The monoisotopic (exact) mass is 399 g/mol. The largest absolute Gasteiger partial charge is 0.482 e. The topological polar surface area (TPSA) is 38.8 Å². The molecule has 1 fully saturated rings. The van der Waals surface area contributed by atoms with Crippen molar-refractivity contribution in [3.63, 3.8) is 0 Å². The van der Waals surface area contributed by atoms with Gasteiger partial charge in [0.25, 0.3) is 5.91 Å². The Morgan fingerprint density at radius 1 is 1.36 bits per heavy atom. The number of halogens is 2. The number of carbonyl (C=O) groups excluding carboxylic acids is 1. The third-order valence-corrected chi connectivity index (χ3v) is 5.36. The molecule has 0 aliphatic carbocycles. The van der Waals surface area contributed by atoms with Crippen molar-refractivity contribution < 1.29 is 14.3 Å². The molecule has 1 aromatic carbocycles. The number of thiophene rings is 1. The Balaban J connectivity index is 1.62. The number of hydrogen-bond donors (Lipinski definition) is 0. The van der Waals surface area contributed by atoms with Crippen LogP contribution in [0.3, 0.4) is 0 Å². The lowest BCUT2D eigenvalue weighted by molar-refractivity contribution is -0.135. The first-order valence-electron chi connectivity index (χ1n) is 8.11. The van der Waals surface area contributed by atoms with Crippen molar-refractivity contribution in [3.05, 3.63) is 50.6 Å². The van der Waals surface area contributed by atoms with Gasteiger partial charge in [-0.25, -0.2) is 0 Å². The van der Waals surface area contributed by atoms with Gasteiger partial charge in [0.05, 0.1) is 17.7 Å². The second-order valence-electron chi connectivity index (χ2n) is 5.85. The van der Waals surface area contributed by atoms with Crippen molar-refractivity contribution in [1.82, 2.24) is 4.90 Å². The number of ether oxygens (including phenoxy) is 2. The third kappa shape index (κ3) is 5.35. The molecule has 0 spiro atoms. The minimum Gasteiger partial charge on any atom is -0.482 e. The molecule has 1 atom stereocenters. The maximum Gasteiger partial charge on any atom is 0.260 e. The first-order chi connectivity index (χ1) is 12.1. The average molecular weight is 400 g/mol. The lowest BCUT2D eigenvalue weighted by Crippen LogP contribution is -2.39. The van der Waals surface area contributed by atoms with Crippen LogP contribution in [-0.4, -0.2) is 36.7 Å². The van der Waals surface area contributed by atoms with Gasteiger partial charge >= 0.3 is 0 Å². The Bertz CT molecular complexity index is 702. The summed E-state index contributed by atoms with van der Waals surface area (Å²) in [7, 11) is 0. The van der Waals surface area contributed by atoms with Gasteiger partial charge in [0.15, 0.2) is 6.61 Å². The second kappa shape index (κ2) is 8.90. The molecule has 2 heterocycles. The lowest BCUT2D eigenvalue weighted by Gasteiger charge is -2.25. The van der Waals surface area contributed by atoms with Gasteiger partial charge in [-0.1, -0.05) is 29.3 Å². The van der Waals surface area contributed by atoms with E-state index < -0.39 is 0 Å². The molecule has 1 amide bonds. The highest BCUT2D eigenvalue weighted by Gasteiger charge is 2.23. The molecule has 2 aromatic rings. The van der Waals surface area contributed by atoms with Gasteiger partial charge in [0, 0.05) is 23.1 Å². The molecule has 1 saturated heterocycles. The summed E-state index contributed by atoms with van der Waals surface area (Å²) in [5.74, 6) is 0.363. The SMILES string of the molecule is O=C(COc1ccc(Cl)cc1Cl)N(Cc1cccs1)CC1CCCO1. The predicted octanol–water partition coefficient (Wildman–Crippen LogP) is 4.64. The van der Waals surface area contributed by atoms with E-state index in [2.05, 4.69) is 0 Å². The lowest BCUT2D eigenvalue weighted by atomic mass is 10.2. The van der Waals surface area contributed by atoms with E-state index in [1.165, 1.54) is 0 Å². The smallest absolute Gasteiger partial charge is 0.260 e. The summed E-state index contributed by atoms with van der Waals surface area (Å²) in [5, 5.41) is 2.93. The predicted molar refractivity (Wildman–Crippen MR) is 101 cm³/mol. The number of rotatable bonds is 7. The van der Waals surface area contributed by atoms with E-state index in [-0.39, 0.29) is 18.6 Å². The van der Waals surface area contributed by atoms with Gasteiger partial charge in [0.2, 0.25) is 0 Å². The fraction of sp³-hybridized carbons (Fsp3) is 0.389. The Hall–Kier alpha value is -1.27. The van der Waals surface area contributed by atoms with E-state index in [0.717, 1.165) is 24.3 Å². The minimum absolute atomic E-state index is 0.0700. The molecule has 4 nitrogen and oxygen atoms in total. The van der Waals surface area contributed by atoms with Gasteiger partial charge in [-0.05, 0) is 42.5 Å². The van der Waals surface area contributed by atoms with Gasteiger partial charge in [-0.2, -0.15) is 0 Å². The molecule has 25 heavy (non-hydrogen) atoms. The fourth-order valence-electron chi connectivity index (χ4n) is 2.70. The fourth-order valence-corrected chi connectivity index (χ4v) is 3.88. The summed E-state index contributed by atoms with van der Waals surface area (Å²) in [4.78, 5) is 15.6. The molecular formula is C18H19Cl2NO3S. The van der Waals surface area contributed by atoms with Crippen LogP contribution >= 0.6 is 34.5 Å². The molecule has 0 N–H and O–H groups in total. The average Bonchev–Trinajstić information content (AvgIpc) is 3.27. The molecule has 0 saturated carbocycles. The van der Waals surface area contributed by atoms with Crippen LogP contribution in [0.15, 0.2) is 35.7 Å². The van der Waals surface area contributed by atoms with Crippen molar-refractivity contribution in [2.75, 3.05) is 19.8 Å². The molecule has 0 bridgehead atoms. The molecule has 0 radical (unpaired) electrons. The maximum absolute atomic E-state index is 12.7. The van der Waals surface area contributed by atoms with Crippen molar-refractivity contribution in [3.8, 4) is 5.75 Å². The normalized spacial score (nSPS) is 16.8. The first kappa shape index (κ1) is 18.5. The van der Waals surface area contributed by atoms with Crippen LogP contribution in [0.5, 0.6) is 5.75 Å². The quantitative estimate of drug-likeness (QED) is 0.680. The van der Waals surface area contributed by atoms with Crippen LogP contribution in [0.4, 0.5) is 0 Å². The summed E-state index contributed by atoms with van der Waals surface area (Å²) in [6.45, 7) is 1.84. The second-order valence-corrected chi connectivity index (χ2v) is 7.73. The Labute approximate surface area is 161 Å². The maximum atomic E-state index is 12.7. The summed E-state index contributed by atoms with van der Waals surface area (Å²) in [5.41, 5.74) is 0. The zero-order chi connectivity index (χ0) is 17.6. The van der Waals surface area contributed by atoms with Gasteiger partial charge in [-0.15, -0.1) is 11.3 Å². The Morgan fingerprint density at radius 3 is 2.92 bits per heavy atom. The van der Waals surface area contributed by atoms with Crippen LogP contribution in [0.1, 0.15) is 17.7 Å². The highest BCUT2D eigenvalue weighted by molar-refractivity contribution is 7.09. The number of hydrogen-bond acceptors (Lipinski definition) is 4. The first-order valence-corrected chi connectivity index (χ1v) is 9.75. The van der Waals surface area contributed by atoms with E-state index in [1.807, 2.05) is 17.5 Å². The van der Waals surface area contributed by atoms with E-state index in [1.54, 1.807) is 34.4 Å². The van der Waals surface area contributed by atoms with Crippen LogP contribution < -0.4 is 4.74 Å². The van der Waals surface area contributed by atoms with E-state index in [9.17, 15) is 4.79 Å². The van der Waals surface area contributed by atoms with E-state index in [4.69, 9.17) is 32.7 Å². The summed E-state index contributed by atoms with van der Waals surface area (Å²) < 4.78 is 11.3. The van der Waals surface area contributed by atoms with E-state index >= 15 is 0 Å². The van der Waals surface area contributed by atoms with Gasteiger partial charge < -0.3 is 14.4 Å². The summed E-state index contributed by atoms with van der Waals surface area (Å²) >= 11 is 13.6. The van der Waals surface area contributed by atoms with Crippen molar-refractivity contribution >= 4 is 40.4 Å². The summed E-state index contributed by atoms with van der Waals surface area (Å²) in [6.07, 6.45) is 2.13. The molecule has 134 valence electrons. The number of carbonyl (C=O) groups is 1. The summed E-state index contributed by atoms with van der Waals surface area (Å²) in [6, 6.07) is 8.96. The van der Waals surface area contributed by atoms with Crippen molar-refractivity contribution in [2.45, 2.75) is 25.5 Å². The molecule has 1 aliphatic heterocycles. The number of nitrogens with zero attached hydrogens (tertiary/aromatic N) is 1. The van der Waals surface area contributed by atoms with Crippen LogP contribution in [0.2, 0.25) is 10.0 Å². The van der Waals surface area contributed by atoms with E-state index in [0.29, 0.717) is 28.9 Å². The van der Waals surface area contributed by atoms with Gasteiger partial charge in [-0.3, -0.25) is 4.79 Å². The zero-order valence-electron chi connectivity index (χ0n) is 13.6. The number of benzene rings is 1. The number of amides is 1.